The molecule has 2 aliphatic heterocycles. The van der Waals surface area contributed by atoms with Crippen molar-refractivity contribution in [1.82, 2.24) is 14.7 Å². The van der Waals surface area contributed by atoms with E-state index in [0.717, 1.165) is 43.9 Å². The van der Waals surface area contributed by atoms with Crippen molar-refractivity contribution in [1.29, 1.82) is 0 Å². The molecular formula is C25H37N3O3. The Hall–Kier alpha value is -2.34. The third kappa shape index (κ3) is 6.10. The average Bonchev–Trinajstić information content (AvgIpc) is 2.79. The van der Waals surface area contributed by atoms with Gasteiger partial charge in [-0.15, -0.1) is 0 Å². The number of nitrogens with zero attached hydrogens (tertiary/aromatic N) is 3. The van der Waals surface area contributed by atoms with Gasteiger partial charge in [0.1, 0.15) is 12.4 Å². The van der Waals surface area contributed by atoms with Crippen molar-refractivity contribution in [3.05, 3.63) is 42.0 Å². The van der Waals surface area contributed by atoms with E-state index in [1.165, 1.54) is 0 Å². The summed E-state index contributed by atoms with van der Waals surface area (Å²) in [5.74, 6) is 1.69. The van der Waals surface area contributed by atoms with Crippen molar-refractivity contribution < 1.29 is 14.3 Å². The molecule has 0 spiro atoms. The molecule has 6 heteroatoms. The number of fused-ring (bicyclic) bond motifs is 3. The molecular weight excluding hydrogens is 390 g/mol. The third-order valence-electron chi connectivity index (χ3n) is 6.60. The van der Waals surface area contributed by atoms with Gasteiger partial charge < -0.3 is 14.5 Å². The first-order chi connectivity index (χ1) is 15.0. The van der Waals surface area contributed by atoms with Gasteiger partial charge in [-0.25, -0.2) is 0 Å². The van der Waals surface area contributed by atoms with Gasteiger partial charge in [0, 0.05) is 44.7 Å². The van der Waals surface area contributed by atoms with Crippen LogP contribution in [0.4, 0.5) is 0 Å². The lowest BCUT2D eigenvalue weighted by molar-refractivity contribution is -0.136. The zero-order valence-corrected chi connectivity index (χ0v) is 19.3. The summed E-state index contributed by atoms with van der Waals surface area (Å²) >= 11 is 0. The van der Waals surface area contributed by atoms with Gasteiger partial charge in [0.2, 0.25) is 11.8 Å². The highest BCUT2D eigenvalue weighted by atomic mass is 16.5. The normalized spacial score (nSPS) is 23.6. The van der Waals surface area contributed by atoms with E-state index in [9.17, 15) is 9.59 Å². The van der Waals surface area contributed by atoms with Crippen molar-refractivity contribution in [3.8, 4) is 5.75 Å². The number of piperidine rings is 1. The lowest BCUT2D eigenvalue weighted by atomic mass is 9.82. The van der Waals surface area contributed by atoms with Gasteiger partial charge in [-0.1, -0.05) is 37.3 Å². The van der Waals surface area contributed by atoms with E-state index in [0.29, 0.717) is 32.7 Å². The molecule has 6 nitrogen and oxygen atoms in total. The molecule has 0 aromatic heterocycles. The van der Waals surface area contributed by atoms with Crippen LogP contribution in [0, 0.1) is 11.8 Å². The van der Waals surface area contributed by atoms with Crippen LogP contribution >= 0.6 is 0 Å². The van der Waals surface area contributed by atoms with Gasteiger partial charge in [0.25, 0.3) is 0 Å². The van der Waals surface area contributed by atoms with E-state index >= 15 is 0 Å². The maximum atomic E-state index is 13.1. The molecule has 2 bridgehead atoms. The van der Waals surface area contributed by atoms with Crippen molar-refractivity contribution in [2.75, 3.05) is 45.9 Å². The van der Waals surface area contributed by atoms with Crippen LogP contribution in [0.5, 0.6) is 5.75 Å². The van der Waals surface area contributed by atoms with E-state index < -0.39 is 0 Å². The predicted octanol–water partition coefficient (Wildman–Crippen LogP) is 3.18. The SMILES string of the molecule is CCN1CC(=O)N2CC[C@@H](CC(=O)N(CC)CC)[C@@H](/C=C\COc3ccccc3C1)C2. The first-order valence-electron chi connectivity index (χ1n) is 11.7. The summed E-state index contributed by atoms with van der Waals surface area (Å²) in [5, 5.41) is 0. The predicted molar refractivity (Wildman–Crippen MR) is 123 cm³/mol. The van der Waals surface area contributed by atoms with Crippen LogP contribution < -0.4 is 4.74 Å². The third-order valence-corrected chi connectivity index (χ3v) is 6.60. The number of rotatable bonds is 5. The fourth-order valence-corrected chi connectivity index (χ4v) is 4.61. The highest BCUT2D eigenvalue weighted by Gasteiger charge is 2.32. The number of carbonyl (C=O) groups is 2. The number of likely N-dealkylation sites (N-methyl/N-ethyl adjacent to an activating group) is 1. The number of hydrogen-bond donors (Lipinski definition) is 0. The second kappa shape index (κ2) is 11.3. The Morgan fingerprint density at radius 2 is 1.94 bits per heavy atom. The van der Waals surface area contributed by atoms with Gasteiger partial charge in [-0.3, -0.25) is 14.5 Å². The van der Waals surface area contributed by atoms with Crippen molar-refractivity contribution >= 4 is 11.8 Å². The molecule has 2 aliphatic rings. The zero-order valence-electron chi connectivity index (χ0n) is 19.3. The van der Waals surface area contributed by atoms with Gasteiger partial charge >= 0.3 is 0 Å². The lowest BCUT2D eigenvalue weighted by Crippen LogP contribution is -2.48. The van der Waals surface area contributed by atoms with Crippen molar-refractivity contribution in [3.63, 3.8) is 0 Å². The summed E-state index contributed by atoms with van der Waals surface area (Å²) < 4.78 is 6.06. The Morgan fingerprint density at radius 3 is 2.68 bits per heavy atom. The summed E-state index contributed by atoms with van der Waals surface area (Å²) in [6, 6.07) is 8.06. The monoisotopic (exact) mass is 427 g/mol. The fraction of sp³-hybridized carbons (Fsp3) is 0.600. The van der Waals surface area contributed by atoms with Crippen LogP contribution in [-0.2, 0) is 16.1 Å². The largest absolute Gasteiger partial charge is 0.489 e. The summed E-state index contributed by atoms with van der Waals surface area (Å²) in [4.78, 5) is 31.9. The number of hydrogen-bond acceptors (Lipinski definition) is 4. The molecule has 2 heterocycles. The molecule has 3 rings (SSSR count). The topological polar surface area (TPSA) is 53.1 Å². The molecule has 1 saturated heterocycles. The Morgan fingerprint density at radius 1 is 1.16 bits per heavy atom. The Labute approximate surface area is 186 Å². The molecule has 0 radical (unpaired) electrons. The maximum Gasteiger partial charge on any atom is 0.236 e. The molecule has 2 atom stereocenters. The van der Waals surface area contributed by atoms with E-state index in [4.69, 9.17) is 4.74 Å². The number of benzene rings is 1. The van der Waals surface area contributed by atoms with Crippen molar-refractivity contribution in [2.45, 2.75) is 40.2 Å². The summed E-state index contributed by atoms with van der Waals surface area (Å²) in [5.41, 5.74) is 1.10. The standard InChI is InChI=1S/C25H37N3O3/c1-4-26-17-22-10-7-8-12-23(22)31-15-9-11-21-18-28(25(30)19-26)14-13-20(21)16-24(29)27(5-2)6-3/h7-12,20-21H,4-6,13-19H2,1-3H3/b11-9-/t20-,21-/m0/s1. The summed E-state index contributed by atoms with van der Waals surface area (Å²) in [7, 11) is 0. The first kappa shape index (κ1) is 23.3. The molecule has 0 N–H and O–H groups in total. The highest BCUT2D eigenvalue weighted by molar-refractivity contribution is 5.79. The van der Waals surface area contributed by atoms with Crippen LogP contribution in [0.25, 0.3) is 0 Å². The summed E-state index contributed by atoms with van der Waals surface area (Å²) in [6.45, 7) is 11.4. The minimum atomic E-state index is 0.173. The molecule has 1 aromatic rings. The number of para-hydroxylation sites is 1. The second-order valence-electron chi connectivity index (χ2n) is 8.47. The number of amides is 2. The number of carbonyl (C=O) groups excluding carboxylic acids is 2. The van der Waals surface area contributed by atoms with Gasteiger partial charge in [0.15, 0.2) is 0 Å². The smallest absolute Gasteiger partial charge is 0.236 e. The zero-order chi connectivity index (χ0) is 22.2. The fourth-order valence-electron chi connectivity index (χ4n) is 4.61. The highest BCUT2D eigenvalue weighted by Crippen LogP contribution is 2.29. The van der Waals surface area contributed by atoms with Gasteiger partial charge in [-0.2, -0.15) is 0 Å². The quantitative estimate of drug-likeness (QED) is 0.678. The van der Waals surface area contributed by atoms with Crippen LogP contribution in [0.3, 0.4) is 0 Å². The van der Waals surface area contributed by atoms with E-state index in [1.807, 2.05) is 41.8 Å². The molecule has 2 amide bonds. The molecule has 0 saturated carbocycles. The Balaban J connectivity index is 1.79. The summed E-state index contributed by atoms with van der Waals surface area (Å²) in [6.07, 6.45) is 5.63. The average molecular weight is 428 g/mol. The Bertz CT molecular complexity index is 775. The van der Waals surface area contributed by atoms with Crippen molar-refractivity contribution in [2.24, 2.45) is 11.8 Å². The second-order valence-corrected chi connectivity index (χ2v) is 8.47. The van der Waals surface area contributed by atoms with Crippen LogP contribution in [0.15, 0.2) is 36.4 Å². The molecule has 1 fully saturated rings. The van der Waals surface area contributed by atoms with Crippen LogP contribution in [0.1, 0.15) is 39.2 Å². The minimum absolute atomic E-state index is 0.173. The molecule has 0 aliphatic carbocycles. The minimum Gasteiger partial charge on any atom is -0.489 e. The lowest BCUT2D eigenvalue weighted by Gasteiger charge is -2.38. The molecule has 0 unspecified atom stereocenters. The molecule has 1 aromatic carbocycles. The van der Waals surface area contributed by atoms with Gasteiger partial charge in [-0.05, 0) is 44.7 Å². The molecule has 170 valence electrons. The van der Waals surface area contributed by atoms with E-state index in [2.05, 4.69) is 30.0 Å². The molecule has 31 heavy (non-hydrogen) atoms. The maximum absolute atomic E-state index is 13.1. The first-order valence-corrected chi connectivity index (χ1v) is 11.7. The van der Waals surface area contributed by atoms with Gasteiger partial charge in [0.05, 0.1) is 6.54 Å². The van der Waals surface area contributed by atoms with Crippen LogP contribution in [0.2, 0.25) is 0 Å². The van der Waals surface area contributed by atoms with Crippen LogP contribution in [-0.4, -0.2) is 72.4 Å². The van der Waals surface area contributed by atoms with E-state index in [1.54, 1.807) is 0 Å². The van der Waals surface area contributed by atoms with E-state index in [-0.39, 0.29) is 23.7 Å². The number of ether oxygens (including phenoxy) is 1. The Kier molecular flexibility index (Phi) is 8.52.